The Bertz CT molecular complexity index is 571. The van der Waals surface area contributed by atoms with Crippen LogP contribution in [0.3, 0.4) is 0 Å². The molecule has 1 aromatic rings. The second kappa shape index (κ2) is 7.24. The highest BCUT2D eigenvalue weighted by Gasteiger charge is 2.31. The Morgan fingerprint density at radius 2 is 1.68 bits per heavy atom. The lowest BCUT2D eigenvalue weighted by Gasteiger charge is -1.98. The number of hydrogen-bond donors (Lipinski definition) is 1. The van der Waals surface area contributed by atoms with Crippen LogP contribution in [-0.4, -0.2) is 5.91 Å². The number of carbonyl (C=O) groups is 1. The van der Waals surface area contributed by atoms with Crippen LogP contribution in [0.2, 0.25) is 0 Å². The molecule has 96 valence electrons. The highest BCUT2D eigenvalue weighted by atomic mass is 31.1. The number of hydrogen-bond acceptors (Lipinski definition) is 2. The summed E-state index contributed by atoms with van der Waals surface area (Å²) in [5.41, 5.74) is 5.49. The summed E-state index contributed by atoms with van der Waals surface area (Å²) in [6, 6.07) is 8.88. The smallest absolute Gasteiger partial charge is 0.365 e. The van der Waals surface area contributed by atoms with Crippen molar-refractivity contribution in [2.75, 3.05) is 0 Å². The molecule has 0 saturated carbocycles. The minimum Gasteiger partial charge on any atom is -0.365 e. The van der Waals surface area contributed by atoms with E-state index in [9.17, 15) is 9.36 Å². The van der Waals surface area contributed by atoms with Crippen molar-refractivity contribution in [3.8, 4) is 0 Å². The standard InChI is InChI=1S/C15H14NO2P/c1-3-8-13(15(16)17)14(9-4-2)19(18)12-10-6-5-7-11-12/h3-11H,1-2H2,(H-,16,17)/p+1/b13-8+,14-9+. The van der Waals surface area contributed by atoms with Gasteiger partial charge in [0.25, 0.3) is 5.91 Å². The van der Waals surface area contributed by atoms with Gasteiger partial charge in [-0.15, -0.1) is 0 Å². The lowest BCUT2D eigenvalue weighted by molar-refractivity contribution is -0.114. The van der Waals surface area contributed by atoms with Gasteiger partial charge in [0, 0.05) is 0 Å². The highest BCUT2D eigenvalue weighted by Crippen LogP contribution is 2.36. The molecule has 1 amide bonds. The Morgan fingerprint density at radius 1 is 1.11 bits per heavy atom. The molecule has 4 heteroatoms. The minimum atomic E-state index is -1.91. The van der Waals surface area contributed by atoms with E-state index < -0.39 is 13.7 Å². The number of nitrogens with two attached hydrogens (primary N) is 1. The van der Waals surface area contributed by atoms with Crippen molar-refractivity contribution in [2.45, 2.75) is 0 Å². The molecule has 0 radical (unpaired) electrons. The summed E-state index contributed by atoms with van der Waals surface area (Å²) < 4.78 is 12.5. The number of amides is 1. The lowest BCUT2D eigenvalue weighted by Crippen LogP contribution is -2.15. The van der Waals surface area contributed by atoms with E-state index in [-0.39, 0.29) is 5.57 Å². The highest BCUT2D eigenvalue weighted by molar-refractivity contribution is 7.58. The summed E-state index contributed by atoms with van der Waals surface area (Å²) >= 11 is 0. The van der Waals surface area contributed by atoms with Crippen LogP contribution in [0.5, 0.6) is 0 Å². The first kappa shape index (κ1) is 14.8. The number of allylic oxidation sites excluding steroid dienone is 4. The molecule has 1 unspecified atom stereocenters. The molecule has 0 spiro atoms. The van der Waals surface area contributed by atoms with Crippen LogP contribution >= 0.6 is 7.80 Å². The van der Waals surface area contributed by atoms with E-state index in [0.717, 1.165) is 0 Å². The van der Waals surface area contributed by atoms with Crippen molar-refractivity contribution in [1.82, 2.24) is 0 Å². The maximum Gasteiger partial charge on any atom is 0.416 e. The van der Waals surface area contributed by atoms with E-state index in [1.54, 1.807) is 24.3 Å². The van der Waals surface area contributed by atoms with Crippen LogP contribution in [0.4, 0.5) is 0 Å². The van der Waals surface area contributed by atoms with Crippen molar-refractivity contribution in [2.24, 2.45) is 5.73 Å². The van der Waals surface area contributed by atoms with E-state index in [0.29, 0.717) is 10.6 Å². The molecule has 0 aromatic heterocycles. The zero-order chi connectivity index (χ0) is 14.3. The molecule has 0 aliphatic heterocycles. The molecule has 0 fully saturated rings. The fourth-order valence-corrected chi connectivity index (χ4v) is 2.86. The second-order valence-electron chi connectivity index (χ2n) is 3.60. The Labute approximate surface area is 113 Å². The van der Waals surface area contributed by atoms with Gasteiger partial charge >= 0.3 is 7.80 Å². The molecule has 0 aliphatic rings. The molecule has 1 rings (SSSR count). The third-order valence-electron chi connectivity index (χ3n) is 2.31. The molecule has 0 bridgehead atoms. The quantitative estimate of drug-likeness (QED) is 0.491. The van der Waals surface area contributed by atoms with Crippen LogP contribution in [0.15, 0.2) is 78.7 Å². The van der Waals surface area contributed by atoms with E-state index in [4.69, 9.17) is 5.73 Å². The van der Waals surface area contributed by atoms with Crippen LogP contribution in [0.1, 0.15) is 0 Å². The monoisotopic (exact) mass is 272 g/mol. The summed E-state index contributed by atoms with van der Waals surface area (Å²) in [6.45, 7) is 7.09. The van der Waals surface area contributed by atoms with Gasteiger partial charge in [0.2, 0.25) is 5.31 Å². The predicted octanol–water partition coefficient (Wildman–Crippen LogP) is 2.81. The fraction of sp³-hybridized carbons (Fsp3) is 0. The predicted molar refractivity (Wildman–Crippen MR) is 79.4 cm³/mol. The topological polar surface area (TPSA) is 60.2 Å². The summed E-state index contributed by atoms with van der Waals surface area (Å²) in [7, 11) is -1.91. The van der Waals surface area contributed by atoms with Gasteiger partial charge < -0.3 is 5.73 Å². The SMILES string of the molecule is C=C/C=C(C(N)=O)\C(=C/C=C)[P+](=O)c1ccccc1. The van der Waals surface area contributed by atoms with Gasteiger partial charge in [-0.25, -0.2) is 0 Å². The zero-order valence-corrected chi connectivity index (χ0v) is 11.3. The van der Waals surface area contributed by atoms with E-state index in [1.807, 2.05) is 6.07 Å². The Hall–Kier alpha value is -2.25. The van der Waals surface area contributed by atoms with Gasteiger partial charge in [0.1, 0.15) is 0 Å². The first-order chi connectivity index (χ1) is 9.11. The number of carbonyl (C=O) groups excluding carboxylic acids is 1. The summed E-state index contributed by atoms with van der Waals surface area (Å²) in [5.74, 6) is -0.646. The molecule has 1 aromatic carbocycles. The largest absolute Gasteiger partial charge is 0.416 e. The van der Waals surface area contributed by atoms with Crippen molar-refractivity contribution < 1.29 is 9.36 Å². The van der Waals surface area contributed by atoms with Crippen LogP contribution < -0.4 is 11.0 Å². The third kappa shape index (κ3) is 3.87. The lowest BCUT2D eigenvalue weighted by atomic mass is 10.2. The number of primary amides is 1. The van der Waals surface area contributed by atoms with Crippen molar-refractivity contribution in [3.05, 3.63) is 78.7 Å². The van der Waals surface area contributed by atoms with E-state index in [1.165, 1.54) is 24.3 Å². The normalized spacial score (nSPS) is 12.7. The van der Waals surface area contributed by atoms with E-state index in [2.05, 4.69) is 13.2 Å². The molecule has 19 heavy (non-hydrogen) atoms. The molecule has 1 atom stereocenters. The Kier molecular flexibility index (Phi) is 5.65. The summed E-state index contributed by atoms with van der Waals surface area (Å²) in [6.07, 6.45) is 5.90. The molecule has 3 nitrogen and oxygen atoms in total. The third-order valence-corrected chi connectivity index (χ3v) is 3.91. The maximum atomic E-state index is 12.5. The maximum absolute atomic E-state index is 12.5. The van der Waals surface area contributed by atoms with Crippen LogP contribution in [-0.2, 0) is 9.36 Å². The second-order valence-corrected chi connectivity index (χ2v) is 5.18. The van der Waals surface area contributed by atoms with Gasteiger partial charge in [0.15, 0.2) is 5.30 Å². The number of rotatable bonds is 6. The first-order valence-electron chi connectivity index (χ1n) is 5.59. The van der Waals surface area contributed by atoms with Crippen LogP contribution in [0, 0.1) is 0 Å². The van der Waals surface area contributed by atoms with Crippen molar-refractivity contribution in [3.63, 3.8) is 0 Å². The van der Waals surface area contributed by atoms with Crippen molar-refractivity contribution in [1.29, 1.82) is 0 Å². The Morgan fingerprint density at radius 3 is 2.16 bits per heavy atom. The molecule has 0 heterocycles. The molecular formula is C15H15NO2P+. The van der Waals surface area contributed by atoms with E-state index >= 15 is 0 Å². The molecular weight excluding hydrogens is 257 g/mol. The average molecular weight is 272 g/mol. The molecule has 0 aliphatic carbocycles. The molecule has 2 N–H and O–H groups in total. The summed E-state index contributed by atoms with van der Waals surface area (Å²) in [5, 5.41) is 0.977. The molecule has 0 saturated heterocycles. The Balaban J connectivity index is 3.30. The number of benzene rings is 1. The summed E-state index contributed by atoms with van der Waals surface area (Å²) in [4.78, 5) is 11.4. The average Bonchev–Trinajstić information content (AvgIpc) is 2.42. The first-order valence-corrected chi connectivity index (χ1v) is 6.85. The zero-order valence-electron chi connectivity index (χ0n) is 10.5. The fourth-order valence-electron chi connectivity index (χ4n) is 1.49. The van der Waals surface area contributed by atoms with Crippen molar-refractivity contribution >= 4 is 19.0 Å². The minimum absolute atomic E-state index is 0.180. The van der Waals surface area contributed by atoms with Crippen LogP contribution in [0.25, 0.3) is 0 Å². The van der Waals surface area contributed by atoms with Gasteiger partial charge in [-0.3, -0.25) is 4.79 Å². The van der Waals surface area contributed by atoms with Gasteiger partial charge in [-0.1, -0.05) is 48.1 Å². The van der Waals surface area contributed by atoms with Gasteiger partial charge in [-0.2, -0.15) is 0 Å². The van der Waals surface area contributed by atoms with Gasteiger partial charge in [0.05, 0.1) is 5.57 Å². The van der Waals surface area contributed by atoms with Gasteiger partial charge in [-0.05, 0) is 24.3 Å².